The van der Waals surface area contributed by atoms with E-state index in [0.29, 0.717) is 50.5 Å². The van der Waals surface area contributed by atoms with Crippen LogP contribution in [0.2, 0.25) is 0 Å². The quantitative estimate of drug-likeness (QED) is 0.347. The minimum atomic E-state index is -0.769. The molecule has 10 heteroatoms. The van der Waals surface area contributed by atoms with Gasteiger partial charge >= 0.3 is 0 Å². The topological polar surface area (TPSA) is 93.8 Å². The standard InChI is InChI=1S/C31H41ClFN5O3/c1-3-5-25-21-37(17-15-31(30(41)34-2)13-11-23(32)12-14-31)18-19-38(25)29(40)27(20-22-7-9-24(33)10-8-22)36-28(39)26-6-4-16-35-26/h3,7-13,25-27,35H,1,4-6,14-21H2,2H3,(H,34,41)(H,36,39). The SMILES string of the molecule is C=CCC1CN(CCC2(C(=O)NC)C=CC(Cl)=CC2)CCN1C(=O)C(Cc1ccc(F)cc1)NC(=O)C1CCCN1. The van der Waals surface area contributed by atoms with Gasteiger partial charge in [-0.3, -0.25) is 19.3 Å². The molecule has 0 spiro atoms. The Morgan fingerprint density at radius 3 is 2.68 bits per heavy atom. The Hall–Kier alpha value is -3.01. The van der Waals surface area contributed by atoms with Crippen LogP contribution in [0, 0.1) is 11.2 Å². The van der Waals surface area contributed by atoms with Gasteiger partial charge in [0.1, 0.15) is 11.9 Å². The number of rotatable bonds is 11. The summed E-state index contributed by atoms with van der Waals surface area (Å²) in [5, 5.41) is 9.62. The van der Waals surface area contributed by atoms with E-state index in [0.717, 1.165) is 24.9 Å². The zero-order chi connectivity index (χ0) is 29.4. The number of nitrogens with zero attached hydrogens (tertiary/aromatic N) is 2. The number of halogens is 2. The minimum Gasteiger partial charge on any atom is -0.358 e. The van der Waals surface area contributed by atoms with Gasteiger partial charge in [-0.2, -0.15) is 0 Å². The highest BCUT2D eigenvalue weighted by Crippen LogP contribution is 2.35. The van der Waals surface area contributed by atoms with Crippen molar-refractivity contribution >= 4 is 29.3 Å². The summed E-state index contributed by atoms with van der Waals surface area (Å²) >= 11 is 6.13. The molecule has 3 N–H and O–H groups in total. The van der Waals surface area contributed by atoms with Crippen LogP contribution >= 0.6 is 11.6 Å². The number of amides is 3. The molecule has 0 bridgehead atoms. The van der Waals surface area contributed by atoms with Crippen LogP contribution in [0.5, 0.6) is 0 Å². The molecular formula is C31H41ClFN5O3. The van der Waals surface area contributed by atoms with Crippen LogP contribution in [0.25, 0.3) is 0 Å². The summed E-state index contributed by atoms with van der Waals surface area (Å²) in [7, 11) is 1.65. The molecule has 2 heterocycles. The molecule has 3 amide bonds. The molecule has 2 fully saturated rings. The fourth-order valence-corrected chi connectivity index (χ4v) is 6.11. The molecule has 0 aromatic heterocycles. The molecule has 2 aliphatic heterocycles. The Balaban J connectivity index is 1.45. The second-order valence-electron chi connectivity index (χ2n) is 11.2. The van der Waals surface area contributed by atoms with Crippen molar-refractivity contribution in [2.75, 3.05) is 39.8 Å². The molecule has 1 aromatic rings. The molecule has 41 heavy (non-hydrogen) atoms. The lowest BCUT2D eigenvalue weighted by molar-refractivity contribution is -0.141. The van der Waals surface area contributed by atoms with Gasteiger partial charge in [-0.1, -0.05) is 42.0 Å². The average molecular weight is 586 g/mol. The van der Waals surface area contributed by atoms with E-state index >= 15 is 0 Å². The lowest BCUT2D eigenvalue weighted by atomic mass is 9.77. The molecule has 3 aliphatic rings. The van der Waals surface area contributed by atoms with Gasteiger partial charge in [0.2, 0.25) is 17.7 Å². The number of hydrogen-bond acceptors (Lipinski definition) is 5. The van der Waals surface area contributed by atoms with Crippen molar-refractivity contribution in [3.8, 4) is 0 Å². The van der Waals surface area contributed by atoms with E-state index in [-0.39, 0.29) is 42.0 Å². The van der Waals surface area contributed by atoms with Gasteiger partial charge in [0, 0.05) is 44.2 Å². The normalized spacial score (nSPS) is 25.3. The maximum atomic E-state index is 14.0. The Labute approximate surface area is 247 Å². The number of hydrogen-bond donors (Lipinski definition) is 3. The van der Waals surface area contributed by atoms with E-state index in [1.54, 1.807) is 25.3 Å². The zero-order valence-corrected chi connectivity index (χ0v) is 24.5. The summed E-state index contributed by atoms with van der Waals surface area (Å²) in [4.78, 5) is 44.0. The first-order chi connectivity index (χ1) is 19.7. The monoisotopic (exact) mass is 585 g/mol. The van der Waals surface area contributed by atoms with Gasteiger partial charge in [0.15, 0.2) is 0 Å². The zero-order valence-electron chi connectivity index (χ0n) is 23.7. The number of carbonyl (C=O) groups is 3. The van der Waals surface area contributed by atoms with E-state index in [9.17, 15) is 18.8 Å². The van der Waals surface area contributed by atoms with Crippen molar-refractivity contribution in [2.45, 2.75) is 56.7 Å². The first-order valence-electron chi connectivity index (χ1n) is 14.4. The van der Waals surface area contributed by atoms with Crippen molar-refractivity contribution in [3.63, 3.8) is 0 Å². The van der Waals surface area contributed by atoms with Gasteiger partial charge in [-0.15, -0.1) is 6.58 Å². The van der Waals surface area contributed by atoms with Crippen LogP contribution < -0.4 is 16.0 Å². The van der Waals surface area contributed by atoms with Gasteiger partial charge < -0.3 is 20.9 Å². The number of carbonyl (C=O) groups excluding carboxylic acids is 3. The van der Waals surface area contributed by atoms with E-state index in [1.807, 2.05) is 23.1 Å². The first-order valence-corrected chi connectivity index (χ1v) is 14.8. The highest BCUT2D eigenvalue weighted by Gasteiger charge is 2.39. The van der Waals surface area contributed by atoms with Crippen LogP contribution in [0.1, 0.15) is 37.7 Å². The van der Waals surface area contributed by atoms with Crippen LogP contribution in [-0.2, 0) is 20.8 Å². The minimum absolute atomic E-state index is 0.0400. The molecule has 4 unspecified atom stereocenters. The molecular weight excluding hydrogens is 545 g/mol. The van der Waals surface area contributed by atoms with Gasteiger partial charge in [-0.05, 0) is 69.0 Å². The summed E-state index contributed by atoms with van der Waals surface area (Å²) in [6, 6.07) is 4.83. The van der Waals surface area contributed by atoms with Crippen LogP contribution in [0.4, 0.5) is 4.39 Å². The number of benzene rings is 1. The van der Waals surface area contributed by atoms with E-state index in [2.05, 4.69) is 27.4 Å². The third-order valence-electron chi connectivity index (χ3n) is 8.41. The third kappa shape index (κ3) is 7.84. The van der Waals surface area contributed by atoms with Gasteiger partial charge in [-0.25, -0.2) is 4.39 Å². The highest BCUT2D eigenvalue weighted by atomic mass is 35.5. The molecule has 1 aromatic carbocycles. The second kappa shape index (κ2) is 14.2. The third-order valence-corrected chi connectivity index (χ3v) is 8.69. The molecule has 4 atom stereocenters. The molecule has 2 saturated heterocycles. The molecule has 8 nitrogen and oxygen atoms in total. The van der Waals surface area contributed by atoms with Crippen molar-refractivity contribution in [1.82, 2.24) is 25.8 Å². The van der Waals surface area contributed by atoms with Crippen LogP contribution in [0.3, 0.4) is 0 Å². The molecule has 1 aliphatic carbocycles. The summed E-state index contributed by atoms with van der Waals surface area (Å²) in [5.41, 5.74) is 0.116. The second-order valence-corrected chi connectivity index (χ2v) is 11.6. The number of nitrogens with one attached hydrogen (secondary N) is 3. The van der Waals surface area contributed by atoms with Crippen molar-refractivity contribution < 1.29 is 18.8 Å². The first kappa shape index (κ1) is 30.9. The Morgan fingerprint density at radius 1 is 1.27 bits per heavy atom. The van der Waals surface area contributed by atoms with Crippen molar-refractivity contribution in [2.24, 2.45) is 5.41 Å². The van der Waals surface area contributed by atoms with E-state index < -0.39 is 11.5 Å². The average Bonchev–Trinajstić information content (AvgIpc) is 3.53. The largest absolute Gasteiger partial charge is 0.358 e. The Morgan fingerprint density at radius 2 is 2.05 bits per heavy atom. The summed E-state index contributed by atoms with van der Waals surface area (Å²) in [6.45, 7) is 7.14. The van der Waals surface area contributed by atoms with Gasteiger partial charge in [0.05, 0.1) is 11.5 Å². The summed E-state index contributed by atoms with van der Waals surface area (Å²) < 4.78 is 13.5. The predicted molar refractivity (Wildman–Crippen MR) is 159 cm³/mol. The fourth-order valence-electron chi connectivity index (χ4n) is 5.97. The summed E-state index contributed by atoms with van der Waals surface area (Å²) in [5.74, 6) is -0.721. The smallest absolute Gasteiger partial charge is 0.245 e. The number of allylic oxidation sites excluding steroid dienone is 3. The van der Waals surface area contributed by atoms with Gasteiger partial charge in [0.25, 0.3) is 0 Å². The fraction of sp³-hybridized carbons (Fsp3) is 0.516. The molecule has 0 saturated carbocycles. The maximum absolute atomic E-state index is 14.0. The van der Waals surface area contributed by atoms with E-state index in [4.69, 9.17) is 11.6 Å². The maximum Gasteiger partial charge on any atom is 0.245 e. The lowest BCUT2D eigenvalue weighted by Crippen LogP contribution is -2.61. The summed E-state index contributed by atoms with van der Waals surface area (Å²) in [6.07, 6.45) is 11.1. The number of piperazine rings is 1. The predicted octanol–water partition coefficient (Wildman–Crippen LogP) is 2.90. The Bertz CT molecular complexity index is 1170. The molecule has 4 rings (SSSR count). The van der Waals surface area contributed by atoms with Crippen LogP contribution in [-0.4, -0.2) is 85.4 Å². The van der Waals surface area contributed by atoms with E-state index in [1.165, 1.54) is 12.1 Å². The lowest BCUT2D eigenvalue weighted by Gasteiger charge is -2.43. The van der Waals surface area contributed by atoms with Crippen LogP contribution in [0.15, 0.2) is 60.2 Å². The Kier molecular flexibility index (Phi) is 10.8. The van der Waals surface area contributed by atoms with Crippen molar-refractivity contribution in [3.05, 3.63) is 71.6 Å². The molecule has 0 radical (unpaired) electrons. The van der Waals surface area contributed by atoms with Crippen molar-refractivity contribution in [1.29, 1.82) is 0 Å². The highest BCUT2D eigenvalue weighted by molar-refractivity contribution is 6.31. The molecule has 222 valence electrons.